The van der Waals surface area contributed by atoms with Crippen molar-refractivity contribution < 1.29 is 22.7 Å². The molecule has 0 aliphatic heterocycles. The highest BCUT2D eigenvalue weighted by atomic mass is 32.2. The van der Waals surface area contributed by atoms with Crippen molar-refractivity contribution in [1.29, 1.82) is 0 Å². The number of methoxy groups -OCH3 is 1. The van der Waals surface area contributed by atoms with Gasteiger partial charge in [-0.1, -0.05) is 35.2 Å². The van der Waals surface area contributed by atoms with Crippen molar-refractivity contribution in [1.82, 2.24) is 10.2 Å². The Morgan fingerprint density at radius 1 is 1.36 bits per heavy atom. The normalized spacial score (nSPS) is 12.3. The van der Waals surface area contributed by atoms with Crippen LogP contribution < -0.4 is 9.62 Å². The zero-order valence-corrected chi connectivity index (χ0v) is 18.2. The number of carbonyl (C=O) groups is 2. The molecule has 12 heteroatoms. The number of nitrogens with zero attached hydrogens (tertiary/aromatic N) is 3. The first-order chi connectivity index (χ1) is 13.1. The molecule has 2 aromatic rings. The summed E-state index contributed by atoms with van der Waals surface area (Å²) >= 11 is 2.21. The van der Waals surface area contributed by atoms with Crippen molar-refractivity contribution in [2.75, 3.05) is 28.7 Å². The van der Waals surface area contributed by atoms with Crippen molar-refractivity contribution >= 4 is 55.8 Å². The van der Waals surface area contributed by atoms with Gasteiger partial charge in [0, 0.05) is 0 Å². The summed E-state index contributed by atoms with van der Waals surface area (Å²) in [5.41, 5.74) is 1.27. The molecular formula is C16H20N4O5S3. The van der Waals surface area contributed by atoms with Gasteiger partial charge in [-0.3, -0.25) is 19.2 Å². The number of rotatable bonds is 8. The van der Waals surface area contributed by atoms with Crippen LogP contribution in [0.1, 0.15) is 12.5 Å². The number of amides is 1. The van der Waals surface area contributed by atoms with Crippen LogP contribution in [0.15, 0.2) is 28.6 Å². The number of ether oxygens (including phenoxy) is 1. The Morgan fingerprint density at radius 3 is 2.68 bits per heavy atom. The quantitative estimate of drug-likeness (QED) is 0.373. The van der Waals surface area contributed by atoms with Gasteiger partial charge in [0.05, 0.1) is 24.8 Å². The van der Waals surface area contributed by atoms with Crippen molar-refractivity contribution in [2.24, 2.45) is 0 Å². The van der Waals surface area contributed by atoms with Gasteiger partial charge in [-0.2, -0.15) is 0 Å². The van der Waals surface area contributed by atoms with E-state index in [9.17, 15) is 18.0 Å². The van der Waals surface area contributed by atoms with Crippen LogP contribution in [0.5, 0.6) is 0 Å². The van der Waals surface area contributed by atoms with E-state index in [2.05, 4.69) is 20.3 Å². The lowest BCUT2D eigenvalue weighted by Crippen LogP contribution is -2.45. The molecule has 9 nitrogen and oxygen atoms in total. The number of anilines is 2. The molecule has 0 saturated carbocycles. The molecule has 1 amide bonds. The van der Waals surface area contributed by atoms with Gasteiger partial charge in [0.15, 0.2) is 4.34 Å². The fourth-order valence-corrected chi connectivity index (χ4v) is 5.04. The van der Waals surface area contributed by atoms with Gasteiger partial charge in [0.2, 0.25) is 21.1 Å². The smallest absolute Gasteiger partial charge is 0.316 e. The third kappa shape index (κ3) is 5.91. The van der Waals surface area contributed by atoms with Crippen LogP contribution in [0.3, 0.4) is 0 Å². The minimum atomic E-state index is -3.70. The maximum absolute atomic E-state index is 12.6. The number of nitrogens with one attached hydrogen (secondary N) is 1. The van der Waals surface area contributed by atoms with E-state index in [1.807, 2.05) is 13.0 Å². The molecule has 1 unspecified atom stereocenters. The summed E-state index contributed by atoms with van der Waals surface area (Å²) in [6, 6.07) is 5.88. The molecule has 0 fully saturated rings. The van der Waals surface area contributed by atoms with Crippen molar-refractivity contribution in [3.05, 3.63) is 29.8 Å². The van der Waals surface area contributed by atoms with E-state index in [0.717, 1.165) is 39.2 Å². The molecule has 0 bridgehead atoms. The van der Waals surface area contributed by atoms with Crippen molar-refractivity contribution in [3.8, 4) is 0 Å². The fourth-order valence-electron chi connectivity index (χ4n) is 2.28. The summed E-state index contributed by atoms with van der Waals surface area (Å²) in [5, 5.41) is 10.5. The zero-order valence-electron chi connectivity index (χ0n) is 15.7. The number of sulfonamides is 1. The Hall–Kier alpha value is -2.18. The first-order valence-electron chi connectivity index (χ1n) is 8.02. The second-order valence-electron chi connectivity index (χ2n) is 5.80. The maximum Gasteiger partial charge on any atom is 0.316 e. The Kier molecular flexibility index (Phi) is 7.38. The molecule has 0 radical (unpaired) electrons. The number of carbonyl (C=O) groups excluding carboxylic acids is 2. The Balaban J connectivity index is 2.13. The van der Waals surface area contributed by atoms with E-state index in [1.165, 1.54) is 14.0 Å². The minimum absolute atomic E-state index is 0.0741. The van der Waals surface area contributed by atoms with E-state index in [-0.39, 0.29) is 10.9 Å². The largest absolute Gasteiger partial charge is 0.468 e. The first kappa shape index (κ1) is 22.1. The molecule has 1 aromatic carbocycles. The molecule has 152 valence electrons. The summed E-state index contributed by atoms with van der Waals surface area (Å²) in [7, 11) is -2.41. The lowest BCUT2D eigenvalue weighted by atomic mass is 10.2. The van der Waals surface area contributed by atoms with Crippen molar-refractivity contribution in [3.63, 3.8) is 0 Å². The van der Waals surface area contributed by atoms with Crippen LogP contribution in [-0.2, 0) is 24.3 Å². The summed E-state index contributed by atoms with van der Waals surface area (Å²) in [6.07, 6.45) is 1.05. The van der Waals surface area contributed by atoms with Gasteiger partial charge in [-0.05, 0) is 31.5 Å². The third-order valence-electron chi connectivity index (χ3n) is 3.52. The molecule has 28 heavy (non-hydrogen) atoms. The monoisotopic (exact) mass is 444 g/mol. The van der Waals surface area contributed by atoms with E-state index in [4.69, 9.17) is 0 Å². The number of thioether (sulfide) groups is 1. The topological polar surface area (TPSA) is 119 Å². The lowest BCUT2D eigenvalue weighted by molar-refractivity contribution is -0.137. The van der Waals surface area contributed by atoms with Crippen LogP contribution in [0.25, 0.3) is 0 Å². The van der Waals surface area contributed by atoms with Crippen LogP contribution in [0.2, 0.25) is 0 Å². The van der Waals surface area contributed by atoms with Crippen molar-refractivity contribution in [2.45, 2.75) is 24.2 Å². The molecule has 0 aliphatic carbocycles. The average molecular weight is 445 g/mol. The summed E-state index contributed by atoms with van der Waals surface area (Å²) in [4.78, 5) is 23.8. The third-order valence-corrected chi connectivity index (χ3v) is 6.71. The molecule has 2 rings (SSSR count). The summed E-state index contributed by atoms with van der Waals surface area (Å²) in [6.45, 7) is 3.33. The highest BCUT2D eigenvalue weighted by Crippen LogP contribution is 2.27. The molecule has 0 aliphatic rings. The second-order valence-corrected chi connectivity index (χ2v) is 9.86. The number of hydrogen-bond donors (Lipinski definition) is 1. The Morgan fingerprint density at radius 2 is 2.07 bits per heavy atom. The summed E-state index contributed by atoms with van der Waals surface area (Å²) < 4.78 is 30.7. The van der Waals surface area contributed by atoms with Crippen LogP contribution in [0, 0.1) is 6.92 Å². The lowest BCUT2D eigenvalue weighted by Gasteiger charge is -2.28. The number of esters is 1. The van der Waals surface area contributed by atoms with E-state index in [0.29, 0.717) is 10.0 Å². The average Bonchev–Trinajstić information content (AvgIpc) is 3.06. The molecular weight excluding hydrogens is 424 g/mol. The number of hydrogen-bond acceptors (Lipinski definition) is 9. The molecule has 1 N–H and O–H groups in total. The Labute approximate surface area is 171 Å². The van der Waals surface area contributed by atoms with E-state index in [1.54, 1.807) is 18.2 Å². The van der Waals surface area contributed by atoms with Gasteiger partial charge >= 0.3 is 5.97 Å². The highest BCUT2D eigenvalue weighted by molar-refractivity contribution is 8.01. The van der Waals surface area contributed by atoms with Crippen LogP contribution in [-0.4, -0.2) is 55.7 Å². The molecule has 1 atom stereocenters. The number of aryl methyl sites for hydroxylation is 1. The van der Waals surface area contributed by atoms with Gasteiger partial charge < -0.3 is 4.74 Å². The second kappa shape index (κ2) is 9.34. The fraction of sp³-hybridized carbons (Fsp3) is 0.375. The van der Waals surface area contributed by atoms with E-state index >= 15 is 0 Å². The first-order valence-corrected chi connectivity index (χ1v) is 11.7. The SMILES string of the molecule is COC(=O)CSc1nnc(NC(=O)C(C)N(c2cccc(C)c2)S(C)(=O)=O)s1. The van der Waals surface area contributed by atoms with Gasteiger partial charge in [0.25, 0.3) is 0 Å². The zero-order chi connectivity index (χ0) is 20.9. The summed E-state index contributed by atoms with van der Waals surface area (Å²) in [5.74, 6) is -0.876. The molecule has 1 aromatic heterocycles. The molecule has 0 spiro atoms. The number of benzene rings is 1. The van der Waals surface area contributed by atoms with Crippen LogP contribution in [0.4, 0.5) is 10.8 Å². The standard InChI is InChI=1S/C16H20N4O5S3/c1-10-6-5-7-12(8-10)20(28(4,23)24)11(2)14(22)17-15-18-19-16(27-15)26-9-13(21)25-3/h5-8,11H,9H2,1-4H3,(H,17,18,22). The van der Waals surface area contributed by atoms with Gasteiger partial charge in [-0.25, -0.2) is 8.42 Å². The molecule has 0 saturated heterocycles. The minimum Gasteiger partial charge on any atom is -0.468 e. The van der Waals surface area contributed by atoms with Gasteiger partial charge in [0.1, 0.15) is 6.04 Å². The molecule has 1 heterocycles. The van der Waals surface area contributed by atoms with Crippen LogP contribution >= 0.6 is 23.1 Å². The predicted octanol–water partition coefficient (Wildman–Crippen LogP) is 1.90. The number of aromatic nitrogens is 2. The van der Waals surface area contributed by atoms with Gasteiger partial charge in [-0.15, -0.1) is 10.2 Å². The maximum atomic E-state index is 12.6. The predicted molar refractivity (Wildman–Crippen MR) is 109 cm³/mol. The van der Waals surface area contributed by atoms with E-state index < -0.39 is 27.9 Å². The highest BCUT2D eigenvalue weighted by Gasteiger charge is 2.29. The Bertz CT molecular complexity index is 961.